The number of carbonyl (C=O) groups excluding carboxylic acids is 1. The highest BCUT2D eigenvalue weighted by atomic mass is 16.6. The van der Waals surface area contributed by atoms with Crippen LogP contribution >= 0.6 is 0 Å². The lowest BCUT2D eigenvalue weighted by Crippen LogP contribution is -2.50. The molecule has 0 saturated heterocycles. The van der Waals surface area contributed by atoms with E-state index in [4.69, 9.17) is 13.9 Å². The van der Waals surface area contributed by atoms with Gasteiger partial charge in [0.05, 0.1) is 12.3 Å². The van der Waals surface area contributed by atoms with Gasteiger partial charge in [0.2, 0.25) is 6.10 Å². The Bertz CT molecular complexity index is 684. The van der Waals surface area contributed by atoms with Crippen LogP contribution in [0.2, 0.25) is 0 Å². The fourth-order valence-corrected chi connectivity index (χ4v) is 2.72. The van der Waals surface area contributed by atoms with Crippen molar-refractivity contribution in [2.75, 3.05) is 20.6 Å². The molecule has 1 aromatic heterocycles. The molecule has 0 saturated carbocycles. The van der Waals surface area contributed by atoms with E-state index in [1.54, 1.807) is 12.3 Å². The van der Waals surface area contributed by atoms with Gasteiger partial charge in [-0.2, -0.15) is 0 Å². The summed E-state index contributed by atoms with van der Waals surface area (Å²) in [5, 5.41) is 2.94. The molecular formula is C18H22N2O4. The van der Waals surface area contributed by atoms with E-state index in [9.17, 15) is 4.79 Å². The molecular weight excluding hydrogens is 308 g/mol. The number of benzene rings is 1. The Balaban J connectivity index is 1.64. The molecule has 1 amide bonds. The number of amides is 1. The Morgan fingerprint density at radius 3 is 2.50 bits per heavy atom. The molecule has 0 fully saturated rings. The fraction of sp³-hybridized carbons (Fsp3) is 0.389. The van der Waals surface area contributed by atoms with Gasteiger partial charge in [-0.25, -0.2) is 0 Å². The molecule has 2 heterocycles. The van der Waals surface area contributed by atoms with Crippen LogP contribution in [0.5, 0.6) is 11.5 Å². The summed E-state index contributed by atoms with van der Waals surface area (Å²) < 4.78 is 17.0. The van der Waals surface area contributed by atoms with Gasteiger partial charge in [-0.3, -0.25) is 9.69 Å². The van der Waals surface area contributed by atoms with Crippen LogP contribution in [0.15, 0.2) is 47.1 Å². The van der Waals surface area contributed by atoms with Gasteiger partial charge in [0.1, 0.15) is 11.9 Å². The molecule has 128 valence electrons. The second-order valence-corrected chi connectivity index (χ2v) is 6.05. The quantitative estimate of drug-likeness (QED) is 0.911. The first kappa shape index (κ1) is 16.4. The summed E-state index contributed by atoms with van der Waals surface area (Å²) in [6.45, 7) is 2.25. The lowest BCUT2D eigenvalue weighted by molar-refractivity contribution is -0.133. The summed E-state index contributed by atoms with van der Waals surface area (Å²) in [6, 6.07) is 11.1. The van der Waals surface area contributed by atoms with Crippen LogP contribution in [0, 0.1) is 0 Å². The number of ether oxygens (including phenoxy) is 2. The predicted octanol–water partition coefficient (Wildman–Crippen LogP) is 2.23. The first-order valence-electron chi connectivity index (χ1n) is 7.96. The number of nitrogens with one attached hydrogen (secondary N) is 1. The minimum Gasteiger partial charge on any atom is -0.482 e. The van der Waals surface area contributed by atoms with E-state index < -0.39 is 6.10 Å². The Kier molecular flexibility index (Phi) is 4.76. The zero-order valence-electron chi connectivity index (χ0n) is 14.1. The van der Waals surface area contributed by atoms with Crippen molar-refractivity contribution in [2.45, 2.75) is 25.2 Å². The second kappa shape index (κ2) is 6.97. The minimum absolute atomic E-state index is 0.0453. The average molecular weight is 330 g/mol. The third-order valence-electron chi connectivity index (χ3n) is 4.07. The van der Waals surface area contributed by atoms with Crippen LogP contribution in [0.25, 0.3) is 0 Å². The number of rotatable bonds is 5. The van der Waals surface area contributed by atoms with Crippen LogP contribution in [0.4, 0.5) is 0 Å². The standard InChI is InChI=1S/C18H22N2O4/c1-12-17(24-16-8-5-4-7-15(16)23-12)18(21)19-11-13(20(2)3)14-9-6-10-22-14/h4-10,12-13,17H,11H2,1-3H3,(H,19,21)/t12-,13-,17-/m0/s1. The summed E-state index contributed by atoms with van der Waals surface area (Å²) in [6.07, 6.45) is 0.589. The third kappa shape index (κ3) is 3.38. The van der Waals surface area contributed by atoms with Gasteiger partial charge in [-0.05, 0) is 45.3 Å². The molecule has 1 aromatic carbocycles. The van der Waals surface area contributed by atoms with Gasteiger partial charge in [-0.15, -0.1) is 0 Å². The summed E-state index contributed by atoms with van der Waals surface area (Å²) >= 11 is 0. The first-order chi connectivity index (χ1) is 11.6. The molecule has 1 aliphatic heterocycles. The molecule has 2 aromatic rings. The van der Waals surface area contributed by atoms with E-state index in [2.05, 4.69) is 5.32 Å². The largest absolute Gasteiger partial charge is 0.482 e. The molecule has 0 spiro atoms. The maximum atomic E-state index is 12.5. The van der Waals surface area contributed by atoms with Crippen LogP contribution in [0.1, 0.15) is 18.7 Å². The average Bonchev–Trinajstić information content (AvgIpc) is 3.08. The Hall–Kier alpha value is -2.47. The Morgan fingerprint density at radius 1 is 1.17 bits per heavy atom. The lowest BCUT2D eigenvalue weighted by atomic mass is 10.1. The van der Waals surface area contributed by atoms with Crippen molar-refractivity contribution in [1.29, 1.82) is 0 Å². The number of likely N-dealkylation sites (N-methyl/N-ethyl adjacent to an activating group) is 1. The molecule has 6 heteroatoms. The lowest BCUT2D eigenvalue weighted by Gasteiger charge is -2.31. The van der Waals surface area contributed by atoms with Crippen molar-refractivity contribution in [3.8, 4) is 11.5 Å². The minimum atomic E-state index is -0.681. The third-order valence-corrected chi connectivity index (χ3v) is 4.07. The topological polar surface area (TPSA) is 63.9 Å². The number of furan rings is 1. The molecule has 24 heavy (non-hydrogen) atoms. The summed E-state index contributed by atoms with van der Waals surface area (Å²) in [7, 11) is 3.89. The van der Waals surface area contributed by atoms with Gasteiger partial charge >= 0.3 is 0 Å². The highest BCUT2D eigenvalue weighted by Crippen LogP contribution is 2.33. The maximum Gasteiger partial charge on any atom is 0.265 e. The van der Waals surface area contributed by atoms with E-state index in [-0.39, 0.29) is 18.1 Å². The Morgan fingerprint density at radius 2 is 1.88 bits per heavy atom. The number of fused-ring (bicyclic) bond motifs is 1. The molecule has 1 aliphatic rings. The van der Waals surface area contributed by atoms with Crippen LogP contribution in [0.3, 0.4) is 0 Å². The van der Waals surface area contributed by atoms with Gasteiger partial charge in [0, 0.05) is 6.54 Å². The molecule has 0 aliphatic carbocycles. The van der Waals surface area contributed by atoms with Crippen molar-refractivity contribution < 1.29 is 18.7 Å². The van der Waals surface area contributed by atoms with Crippen molar-refractivity contribution in [3.63, 3.8) is 0 Å². The molecule has 6 nitrogen and oxygen atoms in total. The van der Waals surface area contributed by atoms with E-state index in [0.29, 0.717) is 18.0 Å². The van der Waals surface area contributed by atoms with Gasteiger partial charge in [-0.1, -0.05) is 12.1 Å². The molecule has 1 N–H and O–H groups in total. The normalized spacial score (nSPS) is 20.7. The number of para-hydroxylation sites is 2. The van der Waals surface area contributed by atoms with Crippen LogP contribution in [-0.2, 0) is 4.79 Å². The first-order valence-corrected chi connectivity index (χ1v) is 7.96. The molecule has 3 atom stereocenters. The molecule has 0 bridgehead atoms. The van der Waals surface area contributed by atoms with Gasteiger partial charge in [0.15, 0.2) is 11.5 Å². The van der Waals surface area contributed by atoms with Crippen LogP contribution < -0.4 is 14.8 Å². The fourth-order valence-electron chi connectivity index (χ4n) is 2.72. The van der Waals surface area contributed by atoms with Crippen molar-refractivity contribution in [3.05, 3.63) is 48.4 Å². The number of hydrogen-bond donors (Lipinski definition) is 1. The van der Waals surface area contributed by atoms with E-state index in [1.807, 2.05) is 56.3 Å². The zero-order valence-corrected chi connectivity index (χ0v) is 14.1. The molecule has 0 radical (unpaired) electrons. The molecule has 0 unspecified atom stereocenters. The summed E-state index contributed by atoms with van der Waals surface area (Å²) in [4.78, 5) is 14.5. The van der Waals surface area contributed by atoms with Gasteiger partial charge in [0.25, 0.3) is 5.91 Å². The zero-order chi connectivity index (χ0) is 17.1. The number of hydrogen-bond acceptors (Lipinski definition) is 5. The highest BCUT2D eigenvalue weighted by molar-refractivity contribution is 5.82. The van der Waals surface area contributed by atoms with E-state index >= 15 is 0 Å². The summed E-state index contributed by atoms with van der Waals surface area (Å²) in [5.41, 5.74) is 0. The maximum absolute atomic E-state index is 12.5. The van der Waals surface area contributed by atoms with Gasteiger partial charge < -0.3 is 19.2 Å². The van der Waals surface area contributed by atoms with Crippen LogP contribution in [-0.4, -0.2) is 43.7 Å². The van der Waals surface area contributed by atoms with E-state index in [1.165, 1.54) is 0 Å². The Labute approximate surface area is 141 Å². The predicted molar refractivity (Wildman–Crippen MR) is 89.1 cm³/mol. The van der Waals surface area contributed by atoms with Crippen molar-refractivity contribution >= 4 is 5.91 Å². The second-order valence-electron chi connectivity index (χ2n) is 6.05. The smallest absolute Gasteiger partial charge is 0.265 e. The number of nitrogens with zero attached hydrogens (tertiary/aromatic N) is 1. The number of carbonyl (C=O) groups is 1. The highest BCUT2D eigenvalue weighted by Gasteiger charge is 2.34. The van der Waals surface area contributed by atoms with Crippen molar-refractivity contribution in [2.24, 2.45) is 0 Å². The van der Waals surface area contributed by atoms with E-state index in [0.717, 1.165) is 5.76 Å². The summed E-state index contributed by atoms with van der Waals surface area (Å²) in [5.74, 6) is 1.86. The van der Waals surface area contributed by atoms with Crippen molar-refractivity contribution in [1.82, 2.24) is 10.2 Å². The SMILES string of the molecule is C[C@@H]1Oc2ccccc2O[C@@H]1C(=O)NC[C@@H](c1ccco1)N(C)C. The monoisotopic (exact) mass is 330 g/mol. The molecule has 3 rings (SSSR count).